The number of aliphatic hydroxyl groups excluding tert-OH is 1. The molecule has 1 saturated heterocycles. The topological polar surface area (TPSA) is 55.7 Å². The fraction of sp³-hybridized carbons (Fsp3) is 0.500. The van der Waals surface area contributed by atoms with Crippen LogP contribution in [-0.2, 0) is 0 Å². The standard InChI is InChI=1S/C12H17ClN2O2/c13-10-7-9(1-2-12(10)17)11(8-16)15-5-3-14-4-6-15/h1-2,7,11,14,16-17H,3-6,8H2/t11-/m0/s1. The van der Waals surface area contributed by atoms with E-state index < -0.39 is 0 Å². The van der Waals surface area contributed by atoms with E-state index in [2.05, 4.69) is 10.2 Å². The zero-order valence-corrected chi connectivity index (χ0v) is 10.3. The van der Waals surface area contributed by atoms with Crippen molar-refractivity contribution in [3.05, 3.63) is 28.8 Å². The Hall–Kier alpha value is -0.810. The third-order valence-corrected chi connectivity index (χ3v) is 3.42. The lowest BCUT2D eigenvalue weighted by Crippen LogP contribution is -2.46. The Labute approximate surface area is 106 Å². The summed E-state index contributed by atoms with van der Waals surface area (Å²) < 4.78 is 0. The van der Waals surface area contributed by atoms with Gasteiger partial charge in [-0.25, -0.2) is 0 Å². The van der Waals surface area contributed by atoms with Crippen molar-refractivity contribution >= 4 is 11.6 Å². The lowest BCUT2D eigenvalue weighted by atomic mass is 10.1. The third-order valence-electron chi connectivity index (χ3n) is 3.12. The molecule has 94 valence electrons. The summed E-state index contributed by atoms with van der Waals surface area (Å²) in [6.07, 6.45) is 0. The zero-order chi connectivity index (χ0) is 12.3. The largest absolute Gasteiger partial charge is 0.506 e. The molecular weight excluding hydrogens is 240 g/mol. The quantitative estimate of drug-likeness (QED) is 0.755. The summed E-state index contributed by atoms with van der Waals surface area (Å²) in [4.78, 5) is 2.22. The highest BCUT2D eigenvalue weighted by atomic mass is 35.5. The number of phenolic OH excluding ortho intramolecular Hbond substituents is 1. The van der Waals surface area contributed by atoms with Crippen LogP contribution in [0.5, 0.6) is 5.75 Å². The van der Waals surface area contributed by atoms with Crippen LogP contribution in [0.4, 0.5) is 0 Å². The molecule has 1 fully saturated rings. The van der Waals surface area contributed by atoms with Crippen molar-refractivity contribution in [3.63, 3.8) is 0 Å². The van der Waals surface area contributed by atoms with Crippen LogP contribution in [0.25, 0.3) is 0 Å². The summed E-state index contributed by atoms with van der Waals surface area (Å²) >= 11 is 5.89. The molecule has 2 rings (SSSR count). The van der Waals surface area contributed by atoms with Crippen molar-refractivity contribution in [2.45, 2.75) is 6.04 Å². The summed E-state index contributed by atoms with van der Waals surface area (Å²) in [5.41, 5.74) is 0.942. The molecule has 0 aromatic heterocycles. The minimum absolute atomic E-state index is 0.0461. The van der Waals surface area contributed by atoms with Gasteiger partial charge in [-0.15, -0.1) is 0 Å². The first-order valence-electron chi connectivity index (χ1n) is 5.76. The molecule has 0 radical (unpaired) electrons. The monoisotopic (exact) mass is 256 g/mol. The van der Waals surface area contributed by atoms with E-state index in [1.54, 1.807) is 12.1 Å². The van der Waals surface area contributed by atoms with Crippen LogP contribution in [0.2, 0.25) is 5.02 Å². The predicted octanol–water partition coefficient (Wildman–Crippen LogP) is 0.984. The average Bonchev–Trinajstić information content (AvgIpc) is 2.36. The average molecular weight is 257 g/mol. The van der Waals surface area contributed by atoms with Crippen LogP contribution < -0.4 is 5.32 Å². The molecule has 0 bridgehead atoms. The Balaban J connectivity index is 2.18. The number of hydrogen-bond acceptors (Lipinski definition) is 4. The number of phenols is 1. The smallest absolute Gasteiger partial charge is 0.134 e. The Bertz CT molecular complexity index is 381. The minimum atomic E-state index is -0.0461. The van der Waals surface area contributed by atoms with Gasteiger partial charge < -0.3 is 15.5 Å². The molecule has 0 aliphatic carbocycles. The highest BCUT2D eigenvalue weighted by molar-refractivity contribution is 6.32. The van der Waals surface area contributed by atoms with E-state index in [-0.39, 0.29) is 18.4 Å². The summed E-state index contributed by atoms with van der Waals surface area (Å²) in [5.74, 6) is 0.0763. The van der Waals surface area contributed by atoms with Gasteiger partial charge in [0, 0.05) is 26.2 Å². The molecule has 3 N–H and O–H groups in total. The molecule has 1 aliphatic heterocycles. The summed E-state index contributed by atoms with van der Waals surface area (Å²) in [6.45, 7) is 3.74. The molecule has 5 heteroatoms. The van der Waals surface area contributed by atoms with Crippen molar-refractivity contribution < 1.29 is 10.2 Å². The molecule has 1 heterocycles. The highest BCUT2D eigenvalue weighted by Gasteiger charge is 2.21. The van der Waals surface area contributed by atoms with E-state index in [1.807, 2.05) is 6.07 Å². The first-order valence-corrected chi connectivity index (χ1v) is 6.14. The second-order valence-electron chi connectivity index (χ2n) is 4.20. The molecule has 4 nitrogen and oxygen atoms in total. The second-order valence-corrected chi connectivity index (χ2v) is 4.60. The highest BCUT2D eigenvalue weighted by Crippen LogP contribution is 2.29. The van der Waals surface area contributed by atoms with Gasteiger partial charge in [-0.1, -0.05) is 17.7 Å². The molecule has 0 saturated carbocycles. The number of halogens is 1. The first kappa shape index (κ1) is 12.6. The van der Waals surface area contributed by atoms with Crippen molar-refractivity contribution in [1.82, 2.24) is 10.2 Å². The molecule has 1 atom stereocenters. The van der Waals surface area contributed by atoms with Gasteiger partial charge in [-0.3, -0.25) is 4.90 Å². The number of aliphatic hydroxyl groups is 1. The molecule has 1 aromatic rings. The third kappa shape index (κ3) is 2.90. The van der Waals surface area contributed by atoms with E-state index in [0.29, 0.717) is 5.02 Å². The fourth-order valence-electron chi connectivity index (χ4n) is 2.16. The predicted molar refractivity (Wildman–Crippen MR) is 67.4 cm³/mol. The molecule has 1 aromatic carbocycles. The number of piperazine rings is 1. The van der Waals surface area contributed by atoms with Crippen LogP contribution in [0.15, 0.2) is 18.2 Å². The Morgan fingerprint density at radius 2 is 2.06 bits per heavy atom. The summed E-state index contributed by atoms with van der Waals surface area (Å²) in [7, 11) is 0. The van der Waals surface area contributed by atoms with Crippen LogP contribution in [0.3, 0.4) is 0 Å². The van der Waals surface area contributed by atoms with Crippen molar-refractivity contribution in [2.24, 2.45) is 0 Å². The minimum Gasteiger partial charge on any atom is -0.506 e. The summed E-state index contributed by atoms with van der Waals surface area (Å²) in [5, 5.41) is 22.5. The lowest BCUT2D eigenvalue weighted by Gasteiger charge is -2.34. The van der Waals surface area contributed by atoms with E-state index >= 15 is 0 Å². The number of nitrogens with one attached hydrogen (secondary N) is 1. The van der Waals surface area contributed by atoms with Crippen LogP contribution in [0, 0.1) is 0 Å². The zero-order valence-electron chi connectivity index (χ0n) is 9.56. The van der Waals surface area contributed by atoms with Crippen molar-refractivity contribution in [3.8, 4) is 5.75 Å². The number of benzene rings is 1. The van der Waals surface area contributed by atoms with Crippen molar-refractivity contribution in [2.75, 3.05) is 32.8 Å². The van der Waals surface area contributed by atoms with Gasteiger partial charge in [-0.05, 0) is 17.7 Å². The molecule has 17 heavy (non-hydrogen) atoms. The van der Waals surface area contributed by atoms with E-state index in [1.165, 1.54) is 0 Å². The van der Waals surface area contributed by atoms with Gasteiger partial charge >= 0.3 is 0 Å². The van der Waals surface area contributed by atoms with Gasteiger partial charge in [0.15, 0.2) is 0 Å². The SMILES string of the molecule is OC[C@@H](c1ccc(O)c(Cl)c1)N1CCNCC1. The maximum absolute atomic E-state index is 9.52. The van der Waals surface area contributed by atoms with Crippen LogP contribution in [-0.4, -0.2) is 47.9 Å². The number of nitrogens with zero attached hydrogens (tertiary/aromatic N) is 1. The molecule has 0 unspecified atom stereocenters. The fourth-order valence-corrected chi connectivity index (χ4v) is 2.34. The van der Waals surface area contributed by atoms with Gasteiger partial charge in [0.25, 0.3) is 0 Å². The summed E-state index contributed by atoms with van der Waals surface area (Å²) in [6, 6.07) is 5.06. The number of hydrogen-bond donors (Lipinski definition) is 3. The van der Waals surface area contributed by atoms with Crippen LogP contribution in [0.1, 0.15) is 11.6 Å². The van der Waals surface area contributed by atoms with Gasteiger partial charge in [-0.2, -0.15) is 0 Å². The van der Waals surface area contributed by atoms with Gasteiger partial charge in [0.05, 0.1) is 17.7 Å². The molecule has 0 spiro atoms. The lowest BCUT2D eigenvalue weighted by molar-refractivity contribution is 0.111. The Morgan fingerprint density at radius 1 is 1.35 bits per heavy atom. The Kier molecular flexibility index (Phi) is 4.23. The molecular formula is C12H17ClN2O2. The number of rotatable bonds is 3. The van der Waals surface area contributed by atoms with Gasteiger partial charge in [0.1, 0.15) is 5.75 Å². The van der Waals surface area contributed by atoms with E-state index in [9.17, 15) is 10.2 Å². The van der Waals surface area contributed by atoms with E-state index in [4.69, 9.17) is 11.6 Å². The van der Waals surface area contributed by atoms with Crippen LogP contribution >= 0.6 is 11.6 Å². The maximum Gasteiger partial charge on any atom is 0.134 e. The first-order chi connectivity index (χ1) is 8.22. The molecule has 1 aliphatic rings. The van der Waals surface area contributed by atoms with Crippen molar-refractivity contribution in [1.29, 1.82) is 0 Å². The number of aromatic hydroxyl groups is 1. The second kappa shape index (κ2) is 5.69. The normalized spacial score (nSPS) is 19.2. The van der Waals surface area contributed by atoms with Gasteiger partial charge in [0.2, 0.25) is 0 Å². The molecule has 0 amide bonds. The van der Waals surface area contributed by atoms with E-state index in [0.717, 1.165) is 31.7 Å². The maximum atomic E-state index is 9.52. The Morgan fingerprint density at radius 3 is 2.65 bits per heavy atom.